The molecule has 0 saturated carbocycles. The Kier molecular flexibility index (Phi) is 4.61. The maximum absolute atomic E-state index is 12.9. The molecule has 0 saturated heterocycles. The molecule has 1 unspecified atom stereocenters. The van der Waals surface area contributed by atoms with Crippen LogP contribution in [0.2, 0.25) is 5.02 Å². The van der Waals surface area contributed by atoms with Crippen molar-refractivity contribution in [3.8, 4) is 12.3 Å². The molecule has 1 N–H and O–H groups in total. The van der Waals surface area contributed by atoms with Gasteiger partial charge in [-0.2, -0.15) is 0 Å². The molecule has 0 aliphatic heterocycles. The minimum Gasteiger partial charge on any atom is -0.309 e. The van der Waals surface area contributed by atoms with Gasteiger partial charge in [0.2, 0.25) is 0 Å². The summed E-state index contributed by atoms with van der Waals surface area (Å²) in [6, 6.07) is 4.84. The smallest absolute Gasteiger partial charge is 0.141 e. The van der Waals surface area contributed by atoms with Crippen molar-refractivity contribution in [1.82, 2.24) is 5.32 Å². The molecule has 1 rings (SSSR count). The van der Waals surface area contributed by atoms with E-state index in [-0.39, 0.29) is 11.1 Å². The van der Waals surface area contributed by atoms with E-state index in [2.05, 4.69) is 11.2 Å². The van der Waals surface area contributed by atoms with Crippen LogP contribution in [0.4, 0.5) is 4.39 Å². The van der Waals surface area contributed by atoms with Crippen molar-refractivity contribution < 1.29 is 4.39 Å². The highest BCUT2D eigenvalue weighted by Crippen LogP contribution is 2.20. The van der Waals surface area contributed by atoms with Gasteiger partial charge in [-0.3, -0.25) is 0 Å². The van der Waals surface area contributed by atoms with Gasteiger partial charge in [-0.05, 0) is 24.6 Å². The van der Waals surface area contributed by atoms with Crippen LogP contribution in [0.15, 0.2) is 18.2 Å². The minimum absolute atomic E-state index is 0.122. The molecule has 0 aliphatic rings. The Morgan fingerprint density at radius 2 is 2.33 bits per heavy atom. The van der Waals surface area contributed by atoms with Crippen molar-refractivity contribution >= 4 is 11.6 Å². The number of hydrogen-bond donors (Lipinski definition) is 1. The van der Waals surface area contributed by atoms with Gasteiger partial charge < -0.3 is 5.32 Å². The van der Waals surface area contributed by atoms with E-state index < -0.39 is 5.82 Å². The highest BCUT2D eigenvalue weighted by Gasteiger charge is 2.06. The summed E-state index contributed by atoms with van der Waals surface area (Å²) in [5.41, 5.74) is 0.957. The van der Waals surface area contributed by atoms with Crippen LogP contribution in [0.1, 0.15) is 24.9 Å². The van der Waals surface area contributed by atoms with E-state index in [0.29, 0.717) is 6.42 Å². The van der Waals surface area contributed by atoms with Crippen LogP contribution >= 0.6 is 11.6 Å². The van der Waals surface area contributed by atoms with E-state index in [1.165, 1.54) is 6.07 Å². The summed E-state index contributed by atoms with van der Waals surface area (Å²) >= 11 is 5.68. The fourth-order valence-corrected chi connectivity index (χ4v) is 1.45. The Morgan fingerprint density at radius 1 is 1.60 bits per heavy atom. The van der Waals surface area contributed by atoms with Crippen LogP contribution in [-0.4, -0.2) is 6.54 Å². The lowest BCUT2D eigenvalue weighted by Gasteiger charge is -2.13. The third-order valence-corrected chi connectivity index (χ3v) is 2.45. The maximum Gasteiger partial charge on any atom is 0.141 e. The summed E-state index contributed by atoms with van der Waals surface area (Å²) in [5, 5.41) is 3.37. The van der Waals surface area contributed by atoms with Gasteiger partial charge >= 0.3 is 0 Å². The highest BCUT2D eigenvalue weighted by molar-refractivity contribution is 6.30. The first-order chi connectivity index (χ1) is 7.15. The molecule has 1 aromatic rings. The van der Waals surface area contributed by atoms with E-state index in [1.54, 1.807) is 12.1 Å². The largest absolute Gasteiger partial charge is 0.309 e. The van der Waals surface area contributed by atoms with Crippen molar-refractivity contribution in [2.45, 2.75) is 19.4 Å². The highest BCUT2D eigenvalue weighted by atomic mass is 35.5. The quantitative estimate of drug-likeness (QED) is 0.613. The summed E-state index contributed by atoms with van der Waals surface area (Å²) in [7, 11) is 0. The zero-order chi connectivity index (χ0) is 11.3. The van der Waals surface area contributed by atoms with Gasteiger partial charge in [0, 0.05) is 19.0 Å². The van der Waals surface area contributed by atoms with Gasteiger partial charge in [-0.15, -0.1) is 12.3 Å². The lowest BCUT2D eigenvalue weighted by molar-refractivity contribution is 0.580. The summed E-state index contributed by atoms with van der Waals surface area (Å²) < 4.78 is 12.9. The zero-order valence-electron chi connectivity index (χ0n) is 8.56. The molecular weight excluding hydrogens is 213 g/mol. The molecule has 3 heteroatoms. The van der Waals surface area contributed by atoms with Crippen molar-refractivity contribution in [1.29, 1.82) is 0 Å². The summed E-state index contributed by atoms with van der Waals surface area (Å²) in [6.45, 7) is 2.73. The first kappa shape index (κ1) is 12.0. The Hall–Kier alpha value is -1.04. The number of benzene rings is 1. The fourth-order valence-electron chi connectivity index (χ4n) is 1.26. The molecular formula is C12H13ClFN. The van der Waals surface area contributed by atoms with E-state index in [4.69, 9.17) is 18.0 Å². The first-order valence-electron chi connectivity index (χ1n) is 4.77. The molecule has 1 atom stereocenters. The van der Waals surface area contributed by atoms with Gasteiger partial charge in [-0.1, -0.05) is 17.7 Å². The molecule has 0 bridgehead atoms. The van der Waals surface area contributed by atoms with Crippen LogP contribution in [0, 0.1) is 18.2 Å². The third kappa shape index (κ3) is 3.54. The van der Waals surface area contributed by atoms with Gasteiger partial charge in [0.15, 0.2) is 0 Å². The SMILES string of the molecule is C#CCCNC(C)c1ccc(F)c(Cl)c1. The summed E-state index contributed by atoms with van der Waals surface area (Å²) in [5.74, 6) is 2.15. The summed E-state index contributed by atoms with van der Waals surface area (Å²) in [6.07, 6.45) is 5.82. The fraction of sp³-hybridized carbons (Fsp3) is 0.333. The van der Waals surface area contributed by atoms with Crippen LogP contribution in [0.25, 0.3) is 0 Å². The normalized spacial score (nSPS) is 12.1. The van der Waals surface area contributed by atoms with E-state index in [9.17, 15) is 4.39 Å². The summed E-state index contributed by atoms with van der Waals surface area (Å²) in [4.78, 5) is 0. The standard InChI is InChI=1S/C12H13ClFN/c1-3-4-7-15-9(2)10-5-6-12(14)11(13)8-10/h1,5-6,8-9,15H,4,7H2,2H3. The Bertz CT molecular complexity index is 370. The zero-order valence-corrected chi connectivity index (χ0v) is 9.31. The number of nitrogens with one attached hydrogen (secondary N) is 1. The monoisotopic (exact) mass is 225 g/mol. The van der Waals surface area contributed by atoms with Crippen molar-refractivity contribution in [3.63, 3.8) is 0 Å². The third-order valence-electron chi connectivity index (χ3n) is 2.16. The van der Waals surface area contributed by atoms with Gasteiger partial charge in [-0.25, -0.2) is 4.39 Å². The molecule has 0 fully saturated rings. The molecule has 0 spiro atoms. The number of hydrogen-bond acceptors (Lipinski definition) is 1. The lowest BCUT2D eigenvalue weighted by atomic mass is 10.1. The van der Waals surface area contributed by atoms with E-state index >= 15 is 0 Å². The molecule has 0 amide bonds. The van der Waals surface area contributed by atoms with Gasteiger partial charge in [0.25, 0.3) is 0 Å². The second-order valence-electron chi connectivity index (χ2n) is 3.30. The van der Waals surface area contributed by atoms with Gasteiger partial charge in [0.05, 0.1) is 5.02 Å². The van der Waals surface area contributed by atoms with Gasteiger partial charge in [0.1, 0.15) is 5.82 Å². The molecule has 0 aliphatic carbocycles. The average Bonchev–Trinajstić information content (AvgIpc) is 2.22. The Balaban J connectivity index is 2.62. The van der Waals surface area contributed by atoms with Crippen molar-refractivity contribution in [2.75, 3.05) is 6.54 Å². The predicted molar refractivity (Wildman–Crippen MR) is 61.3 cm³/mol. The van der Waals surface area contributed by atoms with E-state index in [1.807, 2.05) is 6.92 Å². The number of rotatable bonds is 4. The molecule has 80 valence electrons. The lowest BCUT2D eigenvalue weighted by Crippen LogP contribution is -2.19. The Morgan fingerprint density at radius 3 is 2.93 bits per heavy atom. The first-order valence-corrected chi connectivity index (χ1v) is 5.14. The molecule has 1 nitrogen and oxygen atoms in total. The molecule has 0 heterocycles. The topological polar surface area (TPSA) is 12.0 Å². The van der Waals surface area contributed by atoms with E-state index in [0.717, 1.165) is 12.1 Å². The number of halogens is 2. The second kappa shape index (κ2) is 5.75. The molecule has 1 aromatic carbocycles. The van der Waals surface area contributed by atoms with Crippen LogP contribution < -0.4 is 5.32 Å². The second-order valence-corrected chi connectivity index (χ2v) is 3.71. The van der Waals surface area contributed by atoms with Crippen molar-refractivity contribution in [2.24, 2.45) is 0 Å². The molecule has 15 heavy (non-hydrogen) atoms. The van der Waals surface area contributed by atoms with Crippen molar-refractivity contribution in [3.05, 3.63) is 34.6 Å². The van der Waals surface area contributed by atoms with Crippen LogP contribution in [-0.2, 0) is 0 Å². The van der Waals surface area contributed by atoms with Crippen LogP contribution in [0.5, 0.6) is 0 Å². The maximum atomic E-state index is 12.9. The molecule has 0 radical (unpaired) electrons. The average molecular weight is 226 g/mol. The number of terminal acetylenes is 1. The Labute approximate surface area is 94.6 Å². The molecule has 0 aromatic heterocycles. The van der Waals surface area contributed by atoms with Crippen LogP contribution in [0.3, 0.4) is 0 Å². The minimum atomic E-state index is -0.392. The predicted octanol–water partition coefficient (Wildman–Crippen LogP) is 3.15.